The number of benzene rings is 1. The molecule has 1 saturated heterocycles. The van der Waals surface area contributed by atoms with Crippen molar-refractivity contribution in [2.24, 2.45) is 0 Å². The van der Waals surface area contributed by atoms with Crippen molar-refractivity contribution in [2.75, 3.05) is 13.7 Å². The molecule has 0 aliphatic carbocycles. The Morgan fingerprint density at radius 3 is 2.47 bits per heavy atom. The summed E-state index contributed by atoms with van der Waals surface area (Å²) in [4.78, 5) is 31.3. The fourth-order valence-corrected chi connectivity index (χ4v) is 3.97. The molecule has 0 saturated carbocycles. The fraction of sp³-hybridized carbons (Fsp3) is 0.375. The number of carbonyl (C=O) groups is 2. The van der Waals surface area contributed by atoms with Gasteiger partial charge >= 0.3 is 0 Å². The van der Waals surface area contributed by atoms with Gasteiger partial charge in [0.2, 0.25) is 0 Å². The van der Waals surface area contributed by atoms with E-state index >= 15 is 0 Å². The van der Waals surface area contributed by atoms with E-state index < -0.39 is 17.7 Å². The summed E-state index contributed by atoms with van der Waals surface area (Å²) in [5.74, 6) is -0.517. The fourth-order valence-electron chi connectivity index (χ4n) is 3.97. The summed E-state index contributed by atoms with van der Waals surface area (Å²) in [5, 5.41) is 11.3. The molecule has 3 rings (SSSR count). The molecule has 2 aromatic rings. The van der Waals surface area contributed by atoms with Crippen LogP contribution in [0.4, 0.5) is 0 Å². The summed E-state index contributed by atoms with van der Waals surface area (Å²) in [6.45, 7) is 8.30. The minimum atomic E-state index is -0.663. The van der Waals surface area contributed by atoms with E-state index in [2.05, 4.69) is 4.98 Å². The lowest BCUT2D eigenvalue weighted by Crippen LogP contribution is -2.30. The predicted octanol–water partition coefficient (Wildman–Crippen LogP) is 4.35. The molecule has 0 radical (unpaired) electrons. The molecule has 6 heteroatoms. The number of pyridine rings is 1. The van der Waals surface area contributed by atoms with E-state index in [1.807, 2.05) is 39.8 Å². The van der Waals surface area contributed by atoms with Crippen molar-refractivity contribution in [3.05, 3.63) is 64.5 Å². The summed E-state index contributed by atoms with van der Waals surface area (Å²) in [7, 11) is 1.61. The number of nitrogens with zero attached hydrogens (tertiary/aromatic N) is 2. The molecule has 1 aliphatic heterocycles. The first-order chi connectivity index (χ1) is 14.3. The summed E-state index contributed by atoms with van der Waals surface area (Å²) < 4.78 is 5.49. The summed E-state index contributed by atoms with van der Waals surface area (Å²) in [6.07, 6.45) is 3.95. The zero-order valence-electron chi connectivity index (χ0n) is 18.1. The largest absolute Gasteiger partial charge is 0.507 e. The number of methoxy groups -OCH3 is 1. The Labute approximate surface area is 177 Å². The Kier molecular flexibility index (Phi) is 6.25. The van der Waals surface area contributed by atoms with Crippen molar-refractivity contribution >= 4 is 17.4 Å². The van der Waals surface area contributed by atoms with Gasteiger partial charge in [-0.15, -0.1) is 0 Å². The monoisotopic (exact) mass is 408 g/mol. The van der Waals surface area contributed by atoms with Crippen molar-refractivity contribution in [3.8, 4) is 5.75 Å². The van der Waals surface area contributed by atoms with Gasteiger partial charge < -0.3 is 14.7 Å². The van der Waals surface area contributed by atoms with Crippen LogP contribution in [-0.4, -0.2) is 40.3 Å². The highest BCUT2D eigenvalue weighted by Crippen LogP contribution is 2.41. The molecular weight excluding hydrogens is 380 g/mol. The first-order valence-corrected chi connectivity index (χ1v) is 10.2. The number of rotatable bonds is 6. The molecule has 1 amide bonds. The maximum absolute atomic E-state index is 13.0. The zero-order valence-corrected chi connectivity index (χ0v) is 18.1. The van der Waals surface area contributed by atoms with Gasteiger partial charge in [0.1, 0.15) is 11.5 Å². The molecular formula is C24H28N2O4. The van der Waals surface area contributed by atoms with E-state index in [4.69, 9.17) is 4.74 Å². The van der Waals surface area contributed by atoms with Crippen LogP contribution < -0.4 is 4.74 Å². The number of aryl methyl sites for hydroxylation is 1. The Bertz CT molecular complexity index is 996. The van der Waals surface area contributed by atoms with Crippen LogP contribution in [0.2, 0.25) is 0 Å². The Morgan fingerprint density at radius 1 is 1.23 bits per heavy atom. The number of ether oxygens (including phenoxy) is 1. The second-order valence-electron chi connectivity index (χ2n) is 7.84. The molecule has 1 aliphatic rings. The highest BCUT2D eigenvalue weighted by atomic mass is 16.5. The molecule has 6 nitrogen and oxygen atoms in total. The quantitative estimate of drug-likeness (QED) is 0.437. The maximum Gasteiger partial charge on any atom is 0.295 e. The summed E-state index contributed by atoms with van der Waals surface area (Å²) >= 11 is 0. The van der Waals surface area contributed by atoms with Gasteiger partial charge in [-0.3, -0.25) is 14.6 Å². The molecule has 1 atom stereocenters. The van der Waals surface area contributed by atoms with Gasteiger partial charge in [-0.2, -0.15) is 0 Å². The molecule has 158 valence electrons. The van der Waals surface area contributed by atoms with E-state index in [1.165, 1.54) is 4.90 Å². The smallest absolute Gasteiger partial charge is 0.295 e. The summed E-state index contributed by atoms with van der Waals surface area (Å²) in [5.41, 5.74) is 3.09. The van der Waals surface area contributed by atoms with Gasteiger partial charge in [0.15, 0.2) is 0 Å². The lowest BCUT2D eigenvalue weighted by Gasteiger charge is -2.25. The summed E-state index contributed by atoms with van der Waals surface area (Å²) in [6, 6.07) is 6.61. The highest BCUT2D eigenvalue weighted by molar-refractivity contribution is 6.46. The van der Waals surface area contributed by atoms with Crippen LogP contribution in [0.15, 0.2) is 42.2 Å². The first kappa shape index (κ1) is 21.6. The third-order valence-electron chi connectivity index (χ3n) is 5.48. The third kappa shape index (κ3) is 3.70. The van der Waals surface area contributed by atoms with Crippen LogP contribution in [0.5, 0.6) is 5.75 Å². The molecule has 30 heavy (non-hydrogen) atoms. The molecule has 2 heterocycles. The molecule has 1 N–H and O–H groups in total. The number of aromatic nitrogens is 1. The minimum absolute atomic E-state index is 0.114. The topological polar surface area (TPSA) is 79.7 Å². The van der Waals surface area contributed by atoms with Crippen molar-refractivity contribution in [1.29, 1.82) is 0 Å². The van der Waals surface area contributed by atoms with E-state index in [-0.39, 0.29) is 17.3 Å². The van der Waals surface area contributed by atoms with Crippen LogP contribution >= 0.6 is 0 Å². The molecule has 0 bridgehead atoms. The number of aliphatic hydroxyl groups is 1. The number of carbonyl (C=O) groups excluding carboxylic acids is 2. The van der Waals surface area contributed by atoms with Crippen molar-refractivity contribution in [1.82, 2.24) is 9.88 Å². The van der Waals surface area contributed by atoms with E-state index in [1.54, 1.807) is 31.6 Å². The number of aliphatic hydroxyl groups excluding tert-OH is 1. The Morgan fingerprint density at radius 2 is 1.90 bits per heavy atom. The van der Waals surface area contributed by atoms with E-state index in [0.29, 0.717) is 18.5 Å². The number of amides is 1. The van der Waals surface area contributed by atoms with E-state index in [9.17, 15) is 14.7 Å². The first-order valence-electron chi connectivity index (χ1n) is 10.2. The lowest BCUT2D eigenvalue weighted by molar-refractivity contribution is -0.139. The van der Waals surface area contributed by atoms with Gasteiger partial charge in [0.05, 0.1) is 18.7 Å². The average Bonchev–Trinajstić information content (AvgIpc) is 2.98. The van der Waals surface area contributed by atoms with Crippen LogP contribution in [-0.2, 0) is 9.59 Å². The van der Waals surface area contributed by atoms with Gasteiger partial charge in [0, 0.05) is 24.5 Å². The Hall–Kier alpha value is -3.15. The maximum atomic E-state index is 13.0. The SMILES string of the molecule is CCCN1C(=O)C(=O)/C(=C(/O)c2cc(C(C)C)c(OC)cc2C)C1c1ccncc1. The molecule has 1 unspecified atom stereocenters. The number of Topliss-reactive ketones (excluding diaryl/α,β-unsaturated/α-hetero) is 1. The third-order valence-corrected chi connectivity index (χ3v) is 5.48. The average molecular weight is 408 g/mol. The number of hydrogen-bond donors (Lipinski definition) is 1. The van der Waals surface area contributed by atoms with Crippen LogP contribution in [0, 0.1) is 6.92 Å². The van der Waals surface area contributed by atoms with Crippen molar-refractivity contribution < 1.29 is 19.4 Å². The molecule has 1 aromatic heterocycles. The standard InChI is InChI=1S/C24H28N2O4/c1-6-11-26-21(16-7-9-25-10-8-16)20(23(28)24(26)29)22(27)18-13-17(14(2)3)19(30-5)12-15(18)4/h7-10,12-14,21,27H,6,11H2,1-5H3/b22-20+. The second kappa shape index (κ2) is 8.69. The predicted molar refractivity (Wildman–Crippen MR) is 115 cm³/mol. The van der Waals surface area contributed by atoms with Crippen LogP contribution in [0.3, 0.4) is 0 Å². The van der Waals surface area contributed by atoms with Gasteiger partial charge in [-0.05, 0) is 60.2 Å². The van der Waals surface area contributed by atoms with Crippen LogP contribution in [0.25, 0.3) is 5.76 Å². The minimum Gasteiger partial charge on any atom is -0.507 e. The normalized spacial score (nSPS) is 18.3. The van der Waals surface area contributed by atoms with Crippen molar-refractivity contribution in [2.45, 2.75) is 46.1 Å². The molecule has 1 aromatic carbocycles. The molecule has 1 fully saturated rings. The zero-order chi connectivity index (χ0) is 22.0. The Balaban J connectivity index is 2.25. The van der Waals surface area contributed by atoms with Gasteiger partial charge in [-0.25, -0.2) is 0 Å². The second-order valence-corrected chi connectivity index (χ2v) is 7.84. The van der Waals surface area contributed by atoms with Gasteiger partial charge in [-0.1, -0.05) is 20.8 Å². The van der Waals surface area contributed by atoms with Crippen molar-refractivity contribution in [3.63, 3.8) is 0 Å². The lowest BCUT2D eigenvalue weighted by atomic mass is 9.91. The molecule has 0 spiro atoms. The van der Waals surface area contributed by atoms with E-state index in [0.717, 1.165) is 22.4 Å². The number of likely N-dealkylation sites (tertiary alicyclic amines) is 1. The highest BCUT2D eigenvalue weighted by Gasteiger charge is 2.45. The van der Waals surface area contributed by atoms with Crippen LogP contribution in [0.1, 0.15) is 61.4 Å². The number of hydrogen-bond acceptors (Lipinski definition) is 5. The van der Waals surface area contributed by atoms with Gasteiger partial charge in [0.25, 0.3) is 11.7 Å². The number of ketones is 1.